The monoisotopic (exact) mass is 353 g/mol. The first kappa shape index (κ1) is 17.5. The lowest BCUT2D eigenvalue weighted by atomic mass is 10.1. The Morgan fingerprint density at radius 2 is 1.80 bits per heavy atom. The summed E-state index contributed by atoms with van der Waals surface area (Å²) in [6.07, 6.45) is 1.03. The van der Waals surface area contributed by atoms with E-state index in [2.05, 4.69) is 60.4 Å². The fourth-order valence-corrected chi connectivity index (χ4v) is 3.49. The van der Waals surface area contributed by atoms with Gasteiger partial charge in [-0.1, -0.05) is 55.1 Å². The van der Waals surface area contributed by atoms with Crippen molar-refractivity contribution in [1.82, 2.24) is 14.8 Å². The van der Waals surface area contributed by atoms with Crippen molar-refractivity contribution in [3.63, 3.8) is 0 Å². The second kappa shape index (κ2) is 8.21. The minimum atomic E-state index is 0.417. The predicted octanol–water partition coefficient (Wildman–Crippen LogP) is 4.56. The Morgan fingerprint density at radius 3 is 2.52 bits per heavy atom. The Kier molecular flexibility index (Phi) is 5.76. The summed E-state index contributed by atoms with van der Waals surface area (Å²) < 4.78 is 7.84. The molecule has 0 spiro atoms. The van der Waals surface area contributed by atoms with Gasteiger partial charge in [-0.15, -0.1) is 10.2 Å². The second-order valence-corrected chi connectivity index (χ2v) is 6.90. The van der Waals surface area contributed by atoms with Crippen molar-refractivity contribution in [2.24, 2.45) is 7.05 Å². The number of nitrogens with zero attached hydrogens (tertiary/aromatic N) is 3. The van der Waals surface area contributed by atoms with E-state index in [-0.39, 0.29) is 0 Å². The number of thioether (sulfide) groups is 1. The van der Waals surface area contributed by atoms with Crippen LogP contribution in [0.25, 0.3) is 0 Å². The van der Waals surface area contributed by atoms with E-state index in [0.717, 1.165) is 28.9 Å². The summed E-state index contributed by atoms with van der Waals surface area (Å²) in [5.74, 6) is 2.57. The zero-order valence-electron chi connectivity index (χ0n) is 14.9. The van der Waals surface area contributed by atoms with Crippen molar-refractivity contribution >= 4 is 11.8 Å². The third kappa shape index (κ3) is 4.42. The van der Waals surface area contributed by atoms with Crippen molar-refractivity contribution in [1.29, 1.82) is 0 Å². The van der Waals surface area contributed by atoms with Crippen LogP contribution < -0.4 is 4.74 Å². The highest BCUT2D eigenvalue weighted by Crippen LogP contribution is 2.23. The van der Waals surface area contributed by atoms with E-state index in [1.54, 1.807) is 11.8 Å². The lowest BCUT2D eigenvalue weighted by molar-refractivity contribution is 0.290. The zero-order chi connectivity index (χ0) is 17.6. The quantitative estimate of drug-likeness (QED) is 0.584. The van der Waals surface area contributed by atoms with Crippen molar-refractivity contribution in [2.75, 3.05) is 0 Å². The number of benzene rings is 2. The molecule has 0 amide bonds. The number of rotatable bonds is 7. The molecule has 0 aliphatic rings. The third-order valence-electron chi connectivity index (χ3n) is 4.24. The van der Waals surface area contributed by atoms with Crippen LogP contribution in [0, 0.1) is 6.92 Å². The first-order chi connectivity index (χ1) is 12.2. The van der Waals surface area contributed by atoms with E-state index in [1.165, 1.54) is 16.7 Å². The van der Waals surface area contributed by atoms with Crippen molar-refractivity contribution in [3.05, 3.63) is 71.0 Å². The van der Waals surface area contributed by atoms with Gasteiger partial charge in [-0.05, 0) is 42.2 Å². The Balaban J connectivity index is 1.59. The molecule has 4 nitrogen and oxygen atoms in total. The summed E-state index contributed by atoms with van der Waals surface area (Å²) in [4.78, 5) is 0. The summed E-state index contributed by atoms with van der Waals surface area (Å²) in [5.41, 5.74) is 3.93. The highest BCUT2D eigenvalue weighted by molar-refractivity contribution is 7.98. The van der Waals surface area contributed by atoms with Crippen molar-refractivity contribution in [2.45, 2.75) is 37.8 Å². The van der Waals surface area contributed by atoms with Crippen LogP contribution >= 0.6 is 11.8 Å². The van der Waals surface area contributed by atoms with E-state index in [0.29, 0.717) is 6.61 Å². The first-order valence-corrected chi connectivity index (χ1v) is 9.43. The molecule has 0 atom stereocenters. The highest BCUT2D eigenvalue weighted by Gasteiger charge is 2.10. The van der Waals surface area contributed by atoms with Crippen LogP contribution in [0.3, 0.4) is 0 Å². The molecule has 5 heteroatoms. The zero-order valence-corrected chi connectivity index (χ0v) is 15.7. The highest BCUT2D eigenvalue weighted by atomic mass is 32.2. The predicted molar refractivity (Wildman–Crippen MR) is 102 cm³/mol. The molecule has 25 heavy (non-hydrogen) atoms. The SMILES string of the molecule is CCc1ccc(OCc2nnc(SCc3ccccc3C)n2C)cc1. The molecule has 0 saturated carbocycles. The van der Waals surface area contributed by atoms with E-state index in [9.17, 15) is 0 Å². The summed E-state index contributed by atoms with van der Waals surface area (Å²) >= 11 is 1.70. The van der Waals surface area contributed by atoms with Gasteiger partial charge in [0, 0.05) is 12.8 Å². The van der Waals surface area contributed by atoms with Gasteiger partial charge in [-0.2, -0.15) is 0 Å². The van der Waals surface area contributed by atoms with Crippen LogP contribution in [0.15, 0.2) is 53.7 Å². The van der Waals surface area contributed by atoms with Crippen LogP contribution in [-0.2, 0) is 25.8 Å². The summed E-state index contributed by atoms with van der Waals surface area (Å²) in [5, 5.41) is 9.47. The molecular formula is C20H23N3OS. The van der Waals surface area contributed by atoms with E-state index < -0.39 is 0 Å². The van der Waals surface area contributed by atoms with Gasteiger partial charge < -0.3 is 9.30 Å². The van der Waals surface area contributed by atoms with E-state index in [4.69, 9.17) is 4.74 Å². The average Bonchev–Trinajstić information content (AvgIpc) is 2.99. The molecule has 3 rings (SSSR count). The van der Waals surface area contributed by atoms with Crippen LogP contribution in [-0.4, -0.2) is 14.8 Å². The van der Waals surface area contributed by atoms with Gasteiger partial charge >= 0.3 is 0 Å². The topological polar surface area (TPSA) is 39.9 Å². The number of hydrogen-bond donors (Lipinski definition) is 0. The second-order valence-electron chi connectivity index (χ2n) is 5.96. The van der Waals surface area contributed by atoms with Gasteiger partial charge in [0.25, 0.3) is 0 Å². The number of hydrogen-bond acceptors (Lipinski definition) is 4. The van der Waals surface area contributed by atoms with Crippen molar-refractivity contribution in [3.8, 4) is 5.75 Å². The summed E-state index contributed by atoms with van der Waals surface area (Å²) in [7, 11) is 1.99. The van der Waals surface area contributed by atoms with Gasteiger partial charge in [0.2, 0.25) is 0 Å². The van der Waals surface area contributed by atoms with Crippen LogP contribution in [0.2, 0.25) is 0 Å². The van der Waals surface area contributed by atoms with Crippen LogP contribution in [0.4, 0.5) is 0 Å². The molecule has 1 aromatic heterocycles. The minimum Gasteiger partial charge on any atom is -0.486 e. The van der Waals surface area contributed by atoms with Crippen molar-refractivity contribution < 1.29 is 4.74 Å². The molecular weight excluding hydrogens is 330 g/mol. The van der Waals surface area contributed by atoms with E-state index >= 15 is 0 Å². The number of aromatic nitrogens is 3. The Bertz CT molecular complexity index is 827. The molecule has 0 N–H and O–H groups in total. The Labute approximate surface area is 153 Å². The fraction of sp³-hybridized carbons (Fsp3) is 0.300. The molecule has 0 aliphatic carbocycles. The molecule has 0 bridgehead atoms. The normalized spacial score (nSPS) is 10.8. The largest absolute Gasteiger partial charge is 0.486 e. The van der Waals surface area contributed by atoms with Crippen LogP contribution in [0.1, 0.15) is 29.4 Å². The Morgan fingerprint density at radius 1 is 1.04 bits per heavy atom. The maximum absolute atomic E-state index is 5.84. The number of ether oxygens (including phenoxy) is 1. The lowest BCUT2D eigenvalue weighted by Gasteiger charge is -2.08. The smallest absolute Gasteiger partial charge is 0.191 e. The van der Waals surface area contributed by atoms with Gasteiger partial charge in [-0.25, -0.2) is 0 Å². The standard InChI is InChI=1S/C20H23N3OS/c1-4-16-9-11-18(12-10-16)24-13-19-21-22-20(23(19)3)25-14-17-8-6-5-7-15(17)2/h5-12H,4,13-14H2,1-3H3. The van der Waals surface area contributed by atoms with Gasteiger partial charge in [-0.3, -0.25) is 0 Å². The van der Waals surface area contributed by atoms with E-state index in [1.807, 2.05) is 23.7 Å². The third-order valence-corrected chi connectivity index (χ3v) is 5.31. The molecule has 0 fully saturated rings. The summed E-state index contributed by atoms with van der Waals surface area (Å²) in [6.45, 7) is 4.70. The summed E-state index contributed by atoms with van der Waals surface area (Å²) in [6, 6.07) is 16.6. The molecule has 0 saturated heterocycles. The van der Waals surface area contributed by atoms with Gasteiger partial charge in [0.05, 0.1) is 0 Å². The first-order valence-electron chi connectivity index (χ1n) is 8.44. The number of aryl methyl sites for hydroxylation is 2. The fourth-order valence-electron chi connectivity index (χ4n) is 2.48. The Hall–Kier alpha value is -2.27. The maximum Gasteiger partial charge on any atom is 0.191 e. The van der Waals surface area contributed by atoms with Gasteiger partial charge in [0.1, 0.15) is 12.4 Å². The molecule has 3 aromatic rings. The molecule has 2 aromatic carbocycles. The molecule has 0 radical (unpaired) electrons. The average molecular weight is 353 g/mol. The molecule has 1 heterocycles. The molecule has 130 valence electrons. The van der Waals surface area contributed by atoms with Crippen LogP contribution in [0.5, 0.6) is 5.75 Å². The molecule has 0 aliphatic heterocycles. The lowest BCUT2D eigenvalue weighted by Crippen LogP contribution is -2.04. The van der Waals surface area contributed by atoms with Gasteiger partial charge in [0.15, 0.2) is 11.0 Å². The maximum atomic E-state index is 5.84. The minimum absolute atomic E-state index is 0.417. The molecule has 0 unspecified atom stereocenters.